The normalized spacial score (nSPS) is 11.7. The third-order valence-corrected chi connectivity index (χ3v) is 7.03. The summed E-state index contributed by atoms with van der Waals surface area (Å²) in [6.07, 6.45) is 0. The minimum atomic E-state index is -4.61. The van der Waals surface area contributed by atoms with Crippen molar-refractivity contribution in [2.45, 2.75) is 11.8 Å². The van der Waals surface area contributed by atoms with Gasteiger partial charge in [0.25, 0.3) is 16.0 Å². The highest BCUT2D eigenvalue weighted by Gasteiger charge is 2.21. The minimum Gasteiger partial charge on any atom is -0.505 e. The third kappa shape index (κ3) is 5.52. The number of phenolic OH excluding ortho intramolecular Hbond substituents is 1. The minimum absolute atomic E-state index is 0.0398. The van der Waals surface area contributed by atoms with Crippen molar-refractivity contribution in [1.82, 2.24) is 0 Å². The quantitative estimate of drug-likeness (QED) is 0.170. The van der Waals surface area contributed by atoms with Crippen molar-refractivity contribution in [1.29, 1.82) is 0 Å². The fourth-order valence-electron chi connectivity index (χ4n) is 3.62. The molecule has 3 N–H and O–H groups in total. The van der Waals surface area contributed by atoms with E-state index in [0.717, 1.165) is 0 Å². The lowest BCUT2D eigenvalue weighted by molar-refractivity contribution is 0.102. The molecule has 0 heterocycles. The van der Waals surface area contributed by atoms with E-state index in [-0.39, 0.29) is 27.0 Å². The molecule has 4 rings (SSSR count). The fraction of sp³-hybridized carbons (Fsp3) is 0.0800. The van der Waals surface area contributed by atoms with Crippen LogP contribution in [0.2, 0.25) is 10.0 Å². The second kappa shape index (κ2) is 10.3. The Morgan fingerprint density at radius 2 is 1.76 bits per heavy atom. The largest absolute Gasteiger partial charge is 0.505 e. The lowest BCUT2D eigenvalue weighted by atomic mass is 10.0. The maximum Gasteiger partial charge on any atom is 0.296 e. The van der Waals surface area contributed by atoms with E-state index >= 15 is 0 Å². The maximum atomic E-state index is 13.1. The third-order valence-electron chi connectivity index (χ3n) is 5.35. The number of amides is 1. The molecule has 0 spiro atoms. The Morgan fingerprint density at radius 1 is 1.03 bits per heavy atom. The number of anilines is 1. The van der Waals surface area contributed by atoms with Crippen molar-refractivity contribution < 1.29 is 27.6 Å². The number of hydrogen-bond acceptors (Lipinski definition) is 7. The van der Waals surface area contributed by atoms with Crippen molar-refractivity contribution in [3.8, 4) is 11.5 Å². The van der Waals surface area contributed by atoms with Crippen LogP contribution >= 0.6 is 23.2 Å². The van der Waals surface area contributed by atoms with Crippen LogP contribution in [-0.4, -0.2) is 31.1 Å². The molecule has 0 aliphatic carbocycles. The van der Waals surface area contributed by atoms with Gasteiger partial charge in [-0.3, -0.25) is 9.35 Å². The van der Waals surface area contributed by atoms with Crippen LogP contribution in [0.5, 0.6) is 11.5 Å². The average molecular weight is 560 g/mol. The average Bonchev–Trinajstić information content (AvgIpc) is 2.84. The number of nitrogens with zero attached hydrogens (tertiary/aromatic N) is 2. The predicted molar refractivity (Wildman–Crippen MR) is 142 cm³/mol. The molecule has 0 aliphatic heterocycles. The number of aromatic hydroxyl groups is 1. The zero-order valence-corrected chi connectivity index (χ0v) is 21.7. The Labute approximate surface area is 222 Å². The van der Waals surface area contributed by atoms with E-state index in [1.54, 1.807) is 43.3 Å². The Morgan fingerprint density at radius 3 is 2.43 bits per heavy atom. The molecule has 0 saturated carbocycles. The number of methoxy groups -OCH3 is 1. The summed E-state index contributed by atoms with van der Waals surface area (Å²) in [5.41, 5.74) is 0.637. The van der Waals surface area contributed by atoms with Crippen molar-refractivity contribution in [3.05, 3.63) is 81.8 Å². The van der Waals surface area contributed by atoms with Gasteiger partial charge in [0.15, 0.2) is 5.75 Å². The first-order valence-corrected chi connectivity index (χ1v) is 12.8. The van der Waals surface area contributed by atoms with Crippen LogP contribution in [0.4, 0.5) is 17.1 Å². The van der Waals surface area contributed by atoms with Gasteiger partial charge >= 0.3 is 0 Å². The van der Waals surface area contributed by atoms with Crippen LogP contribution in [0.3, 0.4) is 0 Å². The summed E-state index contributed by atoms with van der Waals surface area (Å²) >= 11 is 12.3. The van der Waals surface area contributed by atoms with Crippen LogP contribution in [0.15, 0.2) is 75.8 Å². The summed E-state index contributed by atoms with van der Waals surface area (Å²) in [6, 6.07) is 15.7. The van der Waals surface area contributed by atoms with E-state index in [0.29, 0.717) is 27.8 Å². The van der Waals surface area contributed by atoms with E-state index in [1.165, 1.54) is 31.4 Å². The van der Waals surface area contributed by atoms with Gasteiger partial charge in [-0.25, -0.2) is 0 Å². The maximum absolute atomic E-state index is 13.1. The van der Waals surface area contributed by atoms with Crippen LogP contribution in [0, 0.1) is 6.92 Å². The second-order valence-electron chi connectivity index (χ2n) is 7.92. The molecular formula is C25H19Cl2N3O6S. The second-order valence-corrected chi connectivity index (χ2v) is 10.1. The summed E-state index contributed by atoms with van der Waals surface area (Å²) in [5.74, 6) is -0.663. The Kier molecular flexibility index (Phi) is 7.37. The molecule has 12 heteroatoms. The van der Waals surface area contributed by atoms with Gasteiger partial charge in [0, 0.05) is 11.1 Å². The fourth-order valence-corrected chi connectivity index (χ4v) is 4.98. The number of fused-ring (bicyclic) bond motifs is 1. The number of aryl methyl sites for hydroxylation is 1. The zero-order valence-electron chi connectivity index (χ0n) is 19.4. The van der Waals surface area contributed by atoms with E-state index in [1.807, 2.05) is 0 Å². The number of benzene rings is 4. The SMILES string of the molecule is COc1ccc(NC(=O)c2cc3ccccc3c(N=Nc3cc(C)cc(S(=O)(=O)O)c3Cl)c2O)cc1Cl. The topological polar surface area (TPSA) is 138 Å². The molecule has 1 amide bonds. The summed E-state index contributed by atoms with van der Waals surface area (Å²) in [6.45, 7) is 1.59. The lowest BCUT2D eigenvalue weighted by Gasteiger charge is -2.12. The molecule has 9 nitrogen and oxygen atoms in total. The number of carbonyl (C=O) groups is 1. The van der Waals surface area contributed by atoms with Gasteiger partial charge in [-0.05, 0) is 54.3 Å². The highest BCUT2D eigenvalue weighted by atomic mass is 35.5. The molecule has 0 aliphatic rings. The predicted octanol–water partition coefficient (Wildman–Crippen LogP) is 7.08. The number of halogens is 2. The summed E-state index contributed by atoms with van der Waals surface area (Å²) < 4.78 is 38.0. The number of rotatable bonds is 6. The van der Waals surface area contributed by atoms with E-state index in [9.17, 15) is 22.9 Å². The monoisotopic (exact) mass is 559 g/mol. The number of carbonyl (C=O) groups excluding carboxylic acids is 1. The summed E-state index contributed by atoms with van der Waals surface area (Å²) in [5, 5.41) is 22.9. The smallest absolute Gasteiger partial charge is 0.296 e. The number of hydrogen-bond donors (Lipinski definition) is 3. The Bertz CT molecular complexity index is 1690. The van der Waals surface area contributed by atoms with Gasteiger partial charge < -0.3 is 15.2 Å². The van der Waals surface area contributed by atoms with E-state index in [4.69, 9.17) is 27.9 Å². The van der Waals surface area contributed by atoms with Crippen molar-refractivity contribution in [2.24, 2.45) is 10.2 Å². The molecule has 4 aromatic carbocycles. The molecule has 0 unspecified atom stereocenters. The van der Waals surface area contributed by atoms with Gasteiger partial charge in [0.1, 0.15) is 22.0 Å². The van der Waals surface area contributed by atoms with Gasteiger partial charge in [0.2, 0.25) is 0 Å². The van der Waals surface area contributed by atoms with Gasteiger partial charge in [-0.15, -0.1) is 10.2 Å². The van der Waals surface area contributed by atoms with Crippen molar-refractivity contribution >= 4 is 67.1 Å². The zero-order chi connectivity index (χ0) is 26.9. The summed E-state index contributed by atoms with van der Waals surface area (Å²) in [4.78, 5) is 12.6. The highest BCUT2D eigenvalue weighted by Crippen LogP contribution is 2.41. The molecule has 0 aromatic heterocycles. The standard InChI is InChI=1S/C25H19Cl2N3O6S/c1-13-9-19(22(27)21(10-13)37(33,34)35)29-30-23-16-6-4-3-5-14(16)11-17(24(23)31)25(32)28-15-7-8-20(36-2)18(26)12-15/h3-12,31H,1-2H3,(H,28,32)(H,33,34,35). The van der Waals surface area contributed by atoms with Crippen LogP contribution in [0.1, 0.15) is 15.9 Å². The van der Waals surface area contributed by atoms with Crippen molar-refractivity contribution in [3.63, 3.8) is 0 Å². The van der Waals surface area contributed by atoms with Gasteiger partial charge in [-0.2, -0.15) is 8.42 Å². The number of phenols is 1. The molecule has 0 saturated heterocycles. The molecule has 0 atom stereocenters. The summed E-state index contributed by atoms with van der Waals surface area (Å²) in [7, 11) is -3.14. The number of azo groups is 1. The number of ether oxygens (including phenoxy) is 1. The molecule has 190 valence electrons. The first kappa shape index (κ1) is 26.4. The van der Waals surface area contributed by atoms with Gasteiger partial charge in [0.05, 0.1) is 22.7 Å². The number of nitrogens with one attached hydrogen (secondary N) is 1. The lowest BCUT2D eigenvalue weighted by Crippen LogP contribution is -2.12. The molecule has 4 aromatic rings. The van der Waals surface area contributed by atoms with Crippen molar-refractivity contribution in [2.75, 3.05) is 12.4 Å². The molecule has 0 bridgehead atoms. The molecule has 37 heavy (non-hydrogen) atoms. The van der Waals surface area contributed by atoms with Gasteiger partial charge in [-0.1, -0.05) is 47.5 Å². The van der Waals surface area contributed by atoms with E-state index < -0.39 is 26.7 Å². The molecule has 0 radical (unpaired) electrons. The van der Waals surface area contributed by atoms with Crippen LogP contribution in [-0.2, 0) is 10.1 Å². The van der Waals surface area contributed by atoms with E-state index in [2.05, 4.69) is 15.5 Å². The van der Waals surface area contributed by atoms with Crippen LogP contribution < -0.4 is 10.1 Å². The molecule has 0 fully saturated rings. The molecular weight excluding hydrogens is 541 g/mol. The first-order valence-electron chi connectivity index (χ1n) is 10.6. The Hall–Kier alpha value is -3.70. The van der Waals surface area contributed by atoms with Crippen LogP contribution in [0.25, 0.3) is 10.8 Å². The first-order chi connectivity index (χ1) is 17.5. The Balaban J connectivity index is 1.80. The highest BCUT2D eigenvalue weighted by molar-refractivity contribution is 7.86.